The van der Waals surface area contributed by atoms with Gasteiger partial charge in [0.05, 0.1) is 17.7 Å². The van der Waals surface area contributed by atoms with Gasteiger partial charge in [0.1, 0.15) is 0 Å². The first kappa shape index (κ1) is 17.1. The molecule has 2 aromatic carbocycles. The maximum Gasteiger partial charge on any atom is 0.417 e. The predicted octanol–water partition coefficient (Wildman–Crippen LogP) is 5.04. The highest BCUT2D eigenvalue weighted by Gasteiger charge is 2.34. The fraction of sp³-hybridized carbons (Fsp3) is 0.211. The molecule has 0 radical (unpaired) electrons. The molecule has 3 nitrogen and oxygen atoms in total. The van der Waals surface area contributed by atoms with Crippen LogP contribution in [0.25, 0.3) is 22.2 Å². The number of hydrogen-bond acceptors (Lipinski definition) is 1. The third-order valence-electron chi connectivity index (χ3n) is 4.24. The standard InChI is InChI=1S/C19H16F3NO2/c1-2-11-6-5-8-12-14(10-16(24)25)18(23-17(11)12)13-7-3-4-9-15(13)19(20,21)22/h3-9,23H,2,10H2,1H3,(H,24,25). The average molecular weight is 347 g/mol. The molecule has 0 aliphatic carbocycles. The Bertz CT molecular complexity index is 941. The molecule has 1 aromatic heterocycles. The number of nitrogens with one attached hydrogen (secondary N) is 1. The van der Waals surface area contributed by atoms with Crippen molar-refractivity contribution >= 4 is 16.9 Å². The summed E-state index contributed by atoms with van der Waals surface area (Å²) >= 11 is 0. The van der Waals surface area contributed by atoms with E-state index in [4.69, 9.17) is 0 Å². The number of benzene rings is 2. The average Bonchev–Trinajstić information content (AvgIpc) is 2.92. The molecule has 6 heteroatoms. The van der Waals surface area contributed by atoms with Gasteiger partial charge in [0.2, 0.25) is 0 Å². The van der Waals surface area contributed by atoms with Crippen molar-refractivity contribution in [3.63, 3.8) is 0 Å². The van der Waals surface area contributed by atoms with Crippen molar-refractivity contribution in [3.05, 3.63) is 59.2 Å². The molecule has 2 N–H and O–H groups in total. The highest BCUT2D eigenvalue weighted by molar-refractivity contribution is 5.96. The maximum absolute atomic E-state index is 13.4. The van der Waals surface area contributed by atoms with E-state index in [1.165, 1.54) is 18.2 Å². The van der Waals surface area contributed by atoms with Crippen LogP contribution < -0.4 is 0 Å². The van der Waals surface area contributed by atoms with Crippen LogP contribution in [0.3, 0.4) is 0 Å². The highest BCUT2D eigenvalue weighted by Crippen LogP contribution is 2.40. The molecular weight excluding hydrogens is 331 g/mol. The summed E-state index contributed by atoms with van der Waals surface area (Å²) in [6.45, 7) is 1.94. The Morgan fingerprint density at radius 1 is 1.12 bits per heavy atom. The van der Waals surface area contributed by atoms with Gasteiger partial charge in [-0.2, -0.15) is 13.2 Å². The van der Waals surface area contributed by atoms with Gasteiger partial charge >= 0.3 is 12.1 Å². The number of H-pyrrole nitrogens is 1. The van der Waals surface area contributed by atoms with Crippen molar-refractivity contribution in [2.75, 3.05) is 0 Å². The van der Waals surface area contributed by atoms with E-state index in [0.717, 1.165) is 11.6 Å². The first-order chi connectivity index (χ1) is 11.8. The van der Waals surface area contributed by atoms with E-state index in [2.05, 4.69) is 4.98 Å². The maximum atomic E-state index is 13.4. The van der Waals surface area contributed by atoms with Gasteiger partial charge < -0.3 is 10.1 Å². The minimum absolute atomic E-state index is 0.0375. The van der Waals surface area contributed by atoms with Crippen molar-refractivity contribution in [3.8, 4) is 11.3 Å². The van der Waals surface area contributed by atoms with Crippen molar-refractivity contribution in [2.45, 2.75) is 25.9 Å². The number of carboxylic acid groups (broad SMARTS) is 1. The van der Waals surface area contributed by atoms with Crippen LogP contribution in [-0.2, 0) is 23.8 Å². The molecule has 0 fully saturated rings. The smallest absolute Gasteiger partial charge is 0.417 e. The van der Waals surface area contributed by atoms with Crippen LogP contribution in [0.1, 0.15) is 23.6 Å². The number of rotatable bonds is 4. The van der Waals surface area contributed by atoms with Crippen molar-refractivity contribution in [2.24, 2.45) is 0 Å². The van der Waals surface area contributed by atoms with Crippen LogP contribution in [-0.4, -0.2) is 16.1 Å². The van der Waals surface area contributed by atoms with E-state index in [9.17, 15) is 23.1 Å². The topological polar surface area (TPSA) is 53.1 Å². The van der Waals surface area contributed by atoms with Crippen molar-refractivity contribution < 1.29 is 23.1 Å². The summed E-state index contributed by atoms with van der Waals surface area (Å²) in [6.07, 6.45) is -4.19. The normalized spacial score (nSPS) is 11.8. The van der Waals surface area contributed by atoms with Gasteiger partial charge in [0.15, 0.2) is 0 Å². The molecule has 0 bridgehead atoms. The summed E-state index contributed by atoms with van der Waals surface area (Å²) in [5.41, 5.74) is 1.38. The van der Waals surface area contributed by atoms with Crippen LogP contribution in [0, 0.1) is 0 Å². The number of carbonyl (C=O) groups is 1. The summed E-state index contributed by atoms with van der Waals surface area (Å²) in [5, 5.41) is 9.88. The summed E-state index contributed by atoms with van der Waals surface area (Å²) in [6, 6.07) is 10.6. The van der Waals surface area contributed by atoms with Gasteiger partial charge in [-0.15, -0.1) is 0 Å². The number of fused-ring (bicyclic) bond motifs is 1. The molecule has 0 aliphatic rings. The summed E-state index contributed by atoms with van der Waals surface area (Å²) in [7, 11) is 0. The Labute approximate surface area is 142 Å². The fourth-order valence-electron chi connectivity index (χ4n) is 3.14. The Kier molecular flexibility index (Phi) is 4.29. The number of aromatic nitrogens is 1. The number of halogens is 3. The first-order valence-corrected chi connectivity index (χ1v) is 7.83. The Hall–Kier alpha value is -2.76. The molecule has 0 saturated heterocycles. The summed E-state index contributed by atoms with van der Waals surface area (Å²) < 4.78 is 40.2. The van der Waals surface area contributed by atoms with E-state index in [1.807, 2.05) is 13.0 Å². The largest absolute Gasteiger partial charge is 0.481 e. The monoisotopic (exact) mass is 347 g/mol. The van der Waals surface area contributed by atoms with Gasteiger partial charge in [-0.3, -0.25) is 4.79 Å². The molecule has 3 rings (SSSR count). The van der Waals surface area contributed by atoms with E-state index in [0.29, 0.717) is 22.9 Å². The quantitative estimate of drug-likeness (QED) is 0.694. The van der Waals surface area contributed by atoms with E-state index in [-0.39, 0.29) is 17.7 Å². The highest BCUT2D eigenvalue weighted by atomic mass is 19.4. The molecule has 130 valence electrons. The second kappa shape index (κ2) is 6.27. The summed E-state index contributed by atoms with van der Waals surface area (Å²) in [5.74, 6) is -1.09. The summed E-state index contributed by atoms with van der Waals surface area (Å²) in [4.78, 5) is 14.3. The Morgan fingerprint density at radius 2 is 1.84 bits per heavy atom. The van der Waals surface area contributed by atoms with Gasteiger partial charge in [0.25, 0.3) is 0 Å². The van der Waals surface area contributed by atoms with Crippen LogP contribution in [0.4, 0.5) is 13.2 Å². The predicted molar refractivity (Wildman–Crippen MR) is 89.5 cm³/mol. The molecule has 0 saturated carbocycles. The van der Waals surface area contributed by atoms with Crippen LogP contribution in [0.5, 0.6) is 0 Å². The lowest BCUT2D eigenvalue weighted by Gasteiger charge is -2.13. The van der Waals surface area contributed by atoms with E-state index < -0.39 is 17.7 Å². The minimum Gasteiger partial charge on any atom is -0.481 e. The third kappa shape index (κ3) is 3.12. The lowest BCUT2D eigenvalue weighted by atomic mass is 9.98. The van der Waals surface area contributed by atoms with E-state index >= 15 is 0 Å². The molecule has 1 heterocycles. The van der Waals surface area contributed by atoms with Crippen molar-refractivity contribution in [1.29, 1.82) is 0 Å². The molecule has 0 spiro atoms. The number of aryl methyl sites for hydroxylation is 1. The van der Waals surface area contributed by atoms with E-state index in [1.54, 1.807) is 12.1 Å². The third-order valence-corrected chi connectivity index (χ3v) is 4.24. The van der Waals surface area contributed by atoms with Gasteiger partial charge in [-0.05, 0) is 23.6 Å². The van der Waals surface area contributed by atoms with Crippen molar-refractivity contribution in [1.82, 2.24) is 4.98 Å². The molecular formula is C19H16F3NO2. The SMILES string of the molecule is CCc1cccc2c(CC(=O)O)c(-c3ccccc3C(F)(F)F)[nH]c12. The minimum atomic E-state index is -4.53. The zero-order valence-electron chi connectivity index (χ0n) is 13.4. The molecule has 0 atom stereocenters. The second-order valence-corrected chi connectivity index (χ2v) is 5.79. The lowest BCUT2D eigenvalue weighted by Crippen LogP contribution is -2.08. The van der Waals surface area contributed by atoms with Gasteiger partial charge in [-0.25, -0.2) is 0 Å². The second-order valence-electron chi connectivity index (χ2n) is 5.79. The Balaban J connectivity index is 2.35. The molecule has 0 aliphatic heterocycles. The number of para-hydroxylation sites is 1. The number of carboxylic acids is 1. The number of aromatic amines is 1. The van der Waals surface area contributed by atoms with Crippen LogP contribution >= 0.6 is 0 Å². The zero-order chi connectivity index (χ0) is 18.2. The van der Waals surface area contributed by atoms with Gasteiger partial charge in [0, 0.05) is 16.5 Å². The molecule has 0 unspecified atom stereocenters. The number of hydrogen-bond donors (Lipinski definition) is 2. The number of aliphatic carboxylic acids is 1. The fourth-order valence-corrected chi connectivity index (χ4v) is 3.14. The molecule has 0 amide bonds. The van der Waals surface area contributed by atoms with Crippen LogP contribution in [0.15, 0.2) is 42.5 Å². The molecule has 3 aromatic rings. The number of alkyl halides is 3. The zero-order valence-corrected chi connectivity index (χ0v) is 13.4. The van der Waals surface area contributed by atoms with Crippen LogP contribution in [0.2, 0.25) is 0 Å². The van der Waals surface area contributed by atoms with Gasteiger partial charge in [-0.1, -0.05) is 43.3 Å². The first-order valence-electron chi connectivity index (χ1n) is 7.83. The molecule has 25 heavy (non-hydrogen) atoms. The lowest BCUT2D eigenvalue weighted by molar-refractivity contribution is -0.137. The Morgan fingerprint density at radius 3 is 2.48 bits per heavy atom.